The molecule has 0 radical (unpaired) electrons. The number of hydrogen-bond acceptors (Lipinski definition) is 8. The van der Waals surface area contributed by atoms with Crippen LogP contribution in [0.4, 0.5) is 0 Å². The summed E-state index contributed by atoms with van der Waals surface area (Å²) < 4.78 is 18.1. The number of esters is 4. The lowest BCUT2D eigenvalue weighted by Gasteiger charge is -2.12. The molecular formula is C11H16O8. The summed E-state index contributed by atoms with van der Waals surface area (Å²) in [4.78, 5) is 43.2. The highest BCUT2D eigenvalue weighted by molar-refractivity contribution is 5.77. The fraction of sp³-hybridized carbons (Fsp3) is 0.636. The lowest BCUT2D eigenvalue weighted by atomic mass is 10.3. The van der Waals surface area contributed by atoms with Crippen LogP contribution < -0.4 is 0 Å². The average molecular weight is 276 g/mol. The van der Waals surface area contributed by atoms with E-state index >= 15 is 0 Å². The molecule has 1 atom stereocenters. The van der Waals surface area contributed by atoms with E-state index in [2.05, 4.69) is 18.9 Å². The first-order chi connectivity index (χ1) is 8.81. The Bertz CT molecular complexity index is 349. The summed E-state index contributed by atoms with van der Waals surface area (Å²) in [7, 11) is 0. The van der Waals surface area contributed by atoms with Crippen LogP contribution in [-0.4, -0.2) is 37.0 Å². The summed E-state index contributed by atoms with van der Waals surface area (Å²) in [5, 5.41) is 0. The molecule has 0 spiro atoms. The van der Waals surface area contributed by atoms with E-state index in [9.17, 15) is 19.2 Å². The number of ether oxygens (including phenoxy) is 4. The van der Waals surface area contributed by atoms with Gasteiger partial charge >= 0.3 is 23.9 Å². The fourth-order valence-electron chi connectivity index (χ4n) is 0.956. The van der Waals surface area contributed by atoms with E-state index < -0.39 is 37.0 Å². The van der Waals surface area contributed by atoms with Crippen molar-refractivity contribution in [3.8, 4) is 0 Å². The minimum Gasteiger partial charge on any atom is -0.428 e. The summed E-state index contributed by atoms with van der Waals surface area (Å²) in [6.07, 6.45) is -1.47. The minimum absolute atomic E-state index is 0.229. The fourth-order valence-corrected chi connectivity index (χ4v) is 0.956. The highest BCUT2D eigenvalue weighted by Gasteiger charge is 2.14. The standard InChI is InChI=1S/C11H16O8/c1-7(12)16-6-17-10(14)4-5-11(15)19-9(3)18-8(2)13/h9H,4-6H2,1-3H3. The third-order valence-corrected chi connectivity index (χ3v) is 1.64. The lowest BCUT2D eigenvalue weighted by Crippen LogP contribution is -2.21. The second-order valence-corrected chi connectivity index (χ2v) is 3.44. The Hall–Kier alpha value is -2.12. The molecule has 0 aliphatic heterocycles. The number of hydrogen-bond donors (Lipinski definition) is 0. The van der Waals surface area contributed by atoms with Crippen LogP contribution in [0.15, 0.2) is 0 Å². The molecule has 8 heteroatoms. The molecule has 19 heavy (non-hydrogen) atoms. The van der Waals surface area contributed by atoms with Gasteiger partial charge in [-0.1, -0.05) is 0 Å². The maximum absolute atomic E-state index is 11.2. The summed E-state index contributed by atoms with van der Waals surface area (Å²) >= 11 is 0. The lowest BCUT2D eigenvalue weighted by molar-refractivity contribution is -0.184. The van der Waals surface area contributed by atoms with Gasteiger partial charge in [0.15, 0.2) is 0 Å². The van der Waals surface area contributed by atoms with Crippen molar-refractivity contribution in [3.63, 3.8) is 0 Å². The highest BCUT2D eigenvalue weighted by Crippen LogP contribution is 2.01. The molecular weight excluding hydrogens is 260 g/mol. The average Bonchev–Trinajstić information content (AvgIpc) is 2.24. The molecule has 0 aromatic carbocycles. The van der Waals surface area contributed by atoms with Gasteiger partial charge in [0.25, 0.3) is 0 Å². The van der Waals surface area contributed by atoms with E-state index in [-0.39, 0.29) is 12.8 Å². The summed E-state index contributed by atoms with van der Waals surface area (Å²) in [5.74, 6) is -2.58. The highest BCUT2D eigenvalue weighted by atomic mass is 16.7. The minimum atomic E-state index is -1.01. The van der Waals surface area contributed by atoms with Crippen molar-refractivity contribution in [1.82, 2.24) is 0 Å². The maximum Gasteiger partial charge on any atom is 0.309 e. The van der Waals surface area contributed by atoms with Crippen molar-refractivity contribution in [2.75, 3.05) is 6.79 Å². The van der Waals surface area contributed by atoms with Crippen LogP contribution in [0.5, 0.6) is 0 Å². The normalized spacial score (nSPS) is 11.1. The van der Waals surface area contributed by atoms with E-state index in [1.807, 2.05) is 0 Å². The Balaban J connectivity index is 3.74. The third-order valence-electron chi connectivity index (χ3n) is 1.64. The second-order valence-electron chi connectivity index (χ2n) is 3.44. The first-order valence-electron chi connectivity index (χ1n) is 5.47. The summed E-state index contributed by atoms with van der Waals surface area (Å²) in [6, 6.07) is 0. The van der Waals surface area contributed by atoms with E-state index in [1.54, 1.807) is 0 Å². The molecule has 1 unspecified atom stereocenters. The first kappa shape index (κ1) is 16.9. The van der Waals surface area contributed by atoms with E-state index in [4.69, 9.17) is 0 Å². The zero-order chi connectivity index (χ0) is 14.8. The molecule has 0 aliphatic carbocycles. The Morgan fingerprint density at radius 3 is 1.95 bits per heavy atom. The Morgan fingerprint density at radius 2 is 1.42 bits per heavy atom. The molecule has 108 valence electrons. The molecule has 0 fully saturated rings. The van der Waals surface area contributed by atoms with Crippen molar-refractivity contribution >= 4 is 23.9 Å². The van der Waals surface area contributed by atoms with Gasteiger partial charge in [-0.3, -0.25) is 19.2 Å². The van der Waals surface area contributed by atoms with Crippen molar-refractivity contribution in [3.05, 3.63) is 0 Å². The smallest absolute Gasteiger partial charge is 0.309 e. The van der Waals surface area contributed by atoms with Gasteiger partial charge in [0.05, 0.1) is 12.8 Å². The van der Waals surface area contributed by atoms with E-state index in [0.717, 1.165) is 0 Å². The van der Waals surface area contributed by atoms with Gasteiger partial charge in [-0.15, -0.1) is 0 Å². The predicted octanol–water partition coefficient (Wildman–Crippen LogP) is 0.283. The largest absolute Gasteiger partial charge is 0.428 e. The summed E-state index contributed by atoms with van der Waals surface area (Å²) in [6.45, 7) is 3.23. The molecule has 8 nitrogen and oxygen atoms in total. The molecule has 0 aromatic rings. The van der Waals surface area contributed by atoms with E-state index in [1.165, 1.54) is 20.8 Å². The molecule has 0 bridgehead atoms. The van der Waals surface area contributed by atoms with Crippen LogP contribution in [0.1, 0.15) is 33.6 Å². The van der Waals surface area contributed by atoms with Gasteiger partial charge < -0.3 is 18.9 Å². The first-order valence-corrected chi connectivity index (χ1v) is 5.47. The van der Waals surface area contributed by atoms with Crippen LogP contribution in [0.25, 0.3) is 0 Å². The molecule has 0 heterocycles. The zero-order valence-corrected chi connectivity index (χ0v) is 11.0. The number of carbonyl (C=O) groups is 4. The number of carbonyl (C=O) groups excluding carboxylic acids is 4. The molecule has 0 N–H and O–H groups in total. The van der Waals surface area contributed by atoms with Gasteiger partial charge in [-0.05, 0) is 0 Å². The van der Waals surface area contributed by atoms with Crippen molar-refractivity contribution in [1.29, 1.82) is 0 Å². The van der Waals surface area contributed by atoms with Crippen LogP contribution in [0, 0.1) is 0 Å². The monoisotopic (exact) mass is 276 g/mol. The quantitative estimate of drug-likeness (QED) is 0.482. The summed E-state index contributed by atoms with van der Waals surface area (Å²) in [5.41, 5.74) is 0. The SMILES string of the molecule is CC(=O)OCOC(=O)CCC(=O)OC(C)OC(C)=O. The molecule has 0 aromatic heterocycles. The Labute approximate surface area is 109 Å². The van der Waals surface area contributed by atoms with Gasteiger partial charge in [0.1, 0.15) is 0 Å². The topological polar surface area (TPSA) is 105 Å². The number of rotatable bonds is 7. The van der Waals surface area contributed by atoms with Gasteiger partial charge in [-0.2, -0.15) is 0 Å². The molecule has 0 rings (SSSR count). The molecule has 0 amide bonds. The Morgan fingerprint density at radius 1 is 0.842 bits per heavy atom. The maximum atomic E-state index is 11.2. The second kappa shape index (κ2) is 8.90. The van der Waals surface area contributed by atoms with Crippen LogP contribution in [-0.2, 0) is 38.1 Å². The predicted molar refractivity (Wildman–Crippen MR) is 59.3 cm³/mol. The van der Waals surface area contributed by atoms with Crippen LogP contribution in [0.3, 0.4) is 0 Å². The van der Waals surface area contributed by atoms with Crippen LogP contribution >= 0.6 is 0 Å². The van der Waals surface area contributed by atoms with Gasteiger partial charge in [0, 0.05) is 20.8 Å². The van der Waals surface area contributed by atoms with Crippen LogP contribution in [0.2, 0.25) is 0 Å². The van der Waals surface area contributed by atoms with Gasteiger partial charge in [0.2, 0.25) is 13.1 Å². The molecule has 0 aliphatic rings. The third kappa shape index (κ3) is 10.7. The van der Waals surface area contributed by atoms with Crippen molar-refractivity contribution < 1.29 is 38.1 Å². The molecule has 0 saturated heterocycles. The van der Waals surface area contributed by atoms with Gasteiger partial charge in [-0.25, -0.2) is 0 Å². The molecule has 0 saturated carbocycles. The van der Waals surface area contributed by atoms with Crippen molar-refractivity contribution in [2.45, 2.75) is 39.9 Å². The van der Waals surface area contributed by atoms with E-state index in [0.29, 0.717) is 0 Å². The van der Waals surface area contributed by atoms with Crippen molar-refractivity contribution in [2.24, 2.45) is 0 Å². The zero-order valence-electron chi connectivity index (χ0n) is 11.0. The Kier molecular flexibility index (Phi) is 7.90.